The van der Waals surface area contributed by atoms with Gasteiger partial charge in [-0.2, -0.15) is 0 Å². The van der Waals surface area contributed by atoms with E-state index in [4.69, 9.17) is 10.5 Å². The van der Waals surface area contributed by atoms with Gasteiger partial charge in [-0.1, -0.05) is 13.8 Å². The summed E-state index contributed by atoms with van der Waals surface area (Å²) in [6, 6.07) is 0.682. The van der Waals surface area contributed by atoms with Crippen molar-refractivity contribution in [2.75, 3.05) is 26.8 Å². The van der Waals surface area contributed by atoms with Gasteiger partial charge in [0.25, 0.3) is 0 Å². The van der Waals surface area contributed by atoms with Crippen molar-refractivity contribution in [3.63, 3.8) is 0 Å². The van der Waals surface area contributed by atoms with Crippen LogP contribution < -0.4 is 5.73 Å². The van der Waals surface area contributed by atoms with Gasteiger partial charge in [0.2, 0.25) is 0 Å². The Morgan fingerprint density at radius 2 is 1.71 bits per heavy atom. The van der Waals surface area contributed by atoms with Gasteiger partial charge in [-0.05, 0) is 19.8 Å². The molecular weight excluding hydrogens is 176 g/mol. The average Bonchev–Trinajstić information content (AvgIpc) is 2.02. The van der Waals surface area contributed by atoms with Crippen molar-refractivity contribution in [2.24, 2.45) is 11.7 Å². The predicted octanol–water partition coefficient (Wildman–Crippen LogP) is 1.33. The second-order valence-corrected chi connectivity index (χ2v) is 4.66. The first-order chi connectivity index (χ1) is 6.47. The van der Waals surface area contributed by atoms with Crippen LogP contribution in [0.2, 0.25) is 0 Å². The molecule has 1 unspecified atom stereocenters. The third-order valence-corrected chi connectivity index (χ3v) is 2.18. The summed E-state index contributed by atoms with van der Waals surface area (Å²) in [5, 5.41) is 0. The van der Waals surface area contributed by atoms with Gasteiger partial charge in [-0.15, -0.1) is 0 Å². The first-order valence-electron chi connectivity index (χ1n) is 5.46. The minimum absolute atomic E-state index is 0.126. The molecule has 0 fully saturated rings. The molecule has 0 aliphatic heterocycles. The molecule has 0 spiro atoms. The van der Waals surface area contributed by atoms with Crippen LogP contribution >= 0.6 is 0 Å². The fourth-order valence-corrected chi connectivity index (χ4v) is 1.53. The van der Waals surface area contributed by atoms with Crippen LogP contribution in [0.3, 0.4) is 0 Å². The minimum Gasteiger partial charge on any atom is -0.383 e. The average molecular weight is 202 g/mol. The zero-order valence-electron chi connectivity index (χ0n) is 10.3. The van der Waals surface area contributed by atoms with Crippen LogP contribution in [0.5, 0.6) is 0 Å². The van der Waals surface area contributed by atoms with E-state index >= 15 is 0 Å². The summed E-state index contributed by atoms with van der Waals surface area (Å²) in [6.07, 6.45) is 0. The van der Waals surface area contributed by atoms with E-state index in [-0.39, 0.29) is 6.04 Å². The van der Waals surface area contributed by atoms with E-state index in [0.29, 0.717) is 18.6 Å². The predicted molar refractivity (Wildman–Crippen MR) is 61.4 cm³/mol. The Hall–Kier alpha value is -0.120. The molecule has 0 aromatic rings. The molecule has 0 aromatic heterocycles. The fraction of sp³-hybridized carbons (Fsp3) is 1.00. The highest BCUT2D eigenvalue weighted by molar-refractivity contribution is 4.71. The van der Waals surface area contributed by atoms with Crippen molar-refractivity contribution in [1.82, 2.24) is 4.90 Å². The van der Waals surface area contributed by atoms with Gasteiger partial charge in [0.1, 0.15) is 0 Å². The van der Waals surface area contributed by atoms with Crippen molar-refractivity contribution in [3.8, 4) is 0 Å². The summed E-state index contributed by atoms with van der Waals surface area (Å²) in [5.74, 6) is 0.687. The summed E-state index contributed by atoms with van der Waals surface area (Å²) in [5.41, 5.74) is 5.93. The maximum absolute atomic E-state index is 5.93. The van der Waals surface area contributed by atoms with Crippen LogP contribution in [0.25, 0.3) is 0 Å². The normalized spacial score (nSPS) is 14.4. The van der Waals surface area contributed by atoms with Crippen LogP contribution in [0.15, 0.2) is 0 Å². The lowest BCUT2D eigenvalue weighted by molar-refractivity contribution is 0.132. The second kappa shape index (κ2) is 7.21. The summed E-state index contributed by atoms with van der Waals surface area (Å²) >= 11 is 0. The number of ether oxygens (including phenoxy) is 1. The number of hydrogen-bond acceptors (Lipinski definition) is 3. The van der Waals surface area contributed by atoms with Crippen molar-refractivity contribution < 1.29 is 4.74 Å². The monoisotopic (exact) mass is 202 g/mol. The molecule has 2 N–H and O–H groups in total. The lowest BCUT2D eigenvalue weighted by atomic mass is 10.1. The molecule has 0 saturated heterocycles. The highest BCUT2D eigenvalue weighted by Gasteiger charge is 2.14. The quantitative estimate of drug-likeness (QED) is 0.677. The maximum atomic E-state index is 5.93. The van der Waals surface area contributed by atoms with E-state index in [2.05, 4.69) is 32.6 Å². The Bertz CT molecular complexity index is 137. The molecule has 0 radical (unpaired) electrons. The Morgan fingerprint density at radius 3 is 2.07 bits per heavy atom. The summed E-state index contributed by atoms with van der Waals surface area (Å²) in [4.78, 5) is 2.41. The van der Waals surface area contributed by atoms with Crippen LogP contribution in [-0.4, -0.2) is 43.8 Å². The molecule has 3 nitrogen and oxygen atoms in total. The van der Waals surface area contributed by atoms with Gasteiger partial charge < -0.3 is 10.5 Å². The van der Waals surface area contributed by atoms with E-state index < -0.39 is 0 Å². The zero-order valence-corrected chi connectivity index (χ0v) is 10.3. The van der Waals surface area contributed by atoms with Crippen molar-refractivity contribution in [2.45, 2.75) is 39.8 Å². The first kappa shape index (κ1) is 13.9. The number of rotatable bonds is 7. The molecule has 0 amide bonds. The van der Waals surface area contributed by atoms with Crippen molar-refractivity contribution in [1.29, 1.82) is 0 Å². The maximum Gasteiger partial charge on any atom is 0.0626 e. The molecule has 1 atom stereocenters. The summed E-state index contributed by atoms with van der Waals surface area (Å²) < 4.78 is 5.04. The second-order valence-electron chi connectivity index (χ2n) is 4.66. The third kappa shape index (κ3) is 6.35. The number of hydrogen-bond donors (Lipinski definition) is 1. The molecule has 86 valence electrons. The fourth-order valence-electron chi connectivity index (χ4n) is 1.53. The van der Waals surface area contributed by atoms with E-state index in [9.17, 15) is 0 Å². The van der Waals surface area contributed by atoms with Gasteiger partial charge in [-0.3, -0.25) is 4.90 Å². The molecular formula is C11H26N2O. The van der Waals surface area contributed by atoms with Crippen LogP contribution in [-0.2, 0) is 4.74 Å². The molecule has 0 rings (SSSR count). The standard InChI is InChI=1S/C11H26N2O/c1-9(2)6-13(10(3)4)7-11(12)8-14-5/h9-11H,6-8,12H2,1-5H3. The molecule has 0 saturated carbocycles. The Labute approximate surface area is 88.6 Å². The smallest absolute Gasteiger partial charge is 0.0626 e. The van der Waals surface area contributed by atoms with E-state index in [1.807, 2.05) is 0 Å². The molecule has 0 aromatic carbocycles. The van der Waals surface area contributed by atoms with Crippen LogP contribution in [0.4, 0.5) is 0 Å². The SMILES string of the molecule is COCC(N)CN(CC(C)C)C(C)C. The number of nitrogens with two attached hydrogens (primary N) is 1. The molecule has 0 heterocycles. The van der Waals surface area contributed by atoms with E-state index in [1.165, 1.54) is 0 Å². The van der Waals surface area contributed by atoms with E-state index in [0.717, 1.165) is 13.1 Å². The lowest BCUT2D eigenvalue weighted by Gasteiger charge is -2.30. The minimum atomic E-state index is 0.126. The van der Waals surface area contributed by atoms with Crippen LogP contribution in [0.1, 0.15) is 27.7 Å². The van der Waals surface area contributed by atoms with Gasteiger partial charge in [0.05, 0.1) is 6.61 Å². The van der Waals surface area contributed by atoms with Gasteiger partial charge >= 0.3 is 0 Å². The molecule has 0 bridgehead atoms. The van der Waals surface area contributed by atoms with Crippen molar-refractivity contribution in [3.05, 3.63) is 0 Å². The lowest BCUT2D eigenvalue weighted by Crippen LogP contribution is -2.44. The highest BCUT2D eigenvalue weighted by Crippen LogP contribution is 2.04. The Balaban J connectivity index is 3.95. The summed E-state index contributed by atoms with van der Waals surface area (Å²) in [6.45, 7) is 11.6. The van der Waals surface area contributed by atoms with E-state index in [1.54, 1.807) is 7.11 Å². The molecule has 0 aliphatic rings. The first-order valence-corrected chi connectivity index (χ1v) is 5.46. The topological polar surface area (TPSA) is 38.5 Å². The van der Waals surface area contributed by atoms with Crippen LogP contribution in [0, 0.1) is 5.92 Å². The highest BCUT2D eigenvalue weighted by atomic mass is 16.5. The molecule has 14 heavy (non-hydrogen) atoms. The number of nitrogens with zero attached hydrogens (tertiary/aromatic N) is 1. The van der Waals surface area contributed by atoms with Crippen molar-refractivity contribution >= 4 is 0 Å². The number of methoxy groups -OCH3 is 1. The Morgan fingerprint density at radius 1 is 1.14 bits per heavy atom. The Kier molecular flexibility index (Phi) is 7.15. The summed E-state index contributed by atoms with van der Waals surface area (Å²) in [7, 11) is 1.70. The largest absolute Gasteiger partial charge is 0.383 e. The third-order valence-electron chi connectivity index (χ3n) is 2.18. The van der Waals surface area contributed by atoms with Gasteiger partial charge in [0.15, 0.2) is 0 Å². The van der Waals surface area contributed by atoms with Gasteiger partial charge in [0, 0.05) is 32.3 Å². The molecule has 0 aliphatic carbocycles. The van der Waals surface area contributed by atoms with Gasteiger partial charge in [-0.25, -0.2) is 0 Å². The molecule has 3 heteroatoms. The zero-order chi connectivity index (χ0) is 11.1.